The Balaban J connectivity index is 1.73. The average Bonchev–Trinajstić information content (AvgIpc) is 3.16. The van der Waals surface area contributed by atoms with E-state index in [1.165, 1.54) is 0 Å². The molecule has 1 aromatic carbocycles. The standard InChI is InChI=1S/C21H21N5O2/c1-14-7-20(23-13-15-5-4-6-22-12-15)26-21(24-14)11-19(25-26)16-8-17(27-2)10-18(9-16)28-3/h4-12,23H,13H2,1-3H3. The zero-order valence-corrected chi connectivity index (χ0v) is 16.0. The Bertz CT molecular complexity index is 1090. The van der Waals surface area contributed by atoms with Gasteiger partial charge in [-0.25, -0.2) is 4.98 Å². The van der Waals surface area contributed by atoms with Crippen molar-refractivity contribution >= 4 is 11.5 Å². The van der Waals surface area contributed by atoms with Crippen molar-refractivity contribution in [2.75, 3.05) is 19.5 Å². The number of benzene rings is 1. The Kier molecular flexibility index (Phi) is 4.80. The molecule has 28 heavy (non-hydrogen) atoms. The number of nitrogens with one attached hydrogen (secondary N) is 1. The fraction of sp³-hybridized carbons (Fsp3) is 0.190. The second-order valence-corrected chi connectivity index (χ2v) is 6.40. The lowest BCUT2D eigenvalue weighted by Gasteiger charge is -2.09. The van der Waals surface area contributed by atoms with E-state index >= 15 is 0 Å². The lowest BCUT2D eigenvalue weighted by atomic mass is 10.1. The van der Waals surface area contributed by atoms with Gasteiger partial charge in [0.2, 0.25) is 0 Å². The zero-order chi connectivity index (χ0) is 19.5. The van der Waals surface area contributed by atoms with Crippen LogP contribution in [0.2, 0.25) is 0 Å². The van der Waals surface area contributed by atoms with Crippen molar-refractivity contribution in [1.82, 2.24) is 19.6 Å². The summed E-state index contributed by atoms with van der Waals surface area (Å²) in [7, 11) is 3.27. The second kappa shape index (κ2) is 7.56. The van der Waals surface area contributed by atoms with Crippen molar-refractivity contribution in [3.05, 3.63) is 66.1 Å². The van der Waals surface area contributed by atoms with E-state index < -0.39 is 0 Å². The van der Waals surface area contributed by atoms with Gasteiger partial charge < -0.3 is 14.8 Å². The molecule has 4 rings (SSSR count). The summed E-state index contributed by atoms with van der Waals surface area (Å²) in [6.07, 6.45) is 3.61. The molecular weight excluding hydrogens is 354 g/mol. The topological polar surface area (TPSA) is 73.6 Å². The van der Waals surface area contributed by atoms with Crippen LogP contribution < -0.4 is 14.8 Å². The molecular formula is C21H21N5O2. The number of rotatable bonds is 6. The Morgan fingerprint density at radius 2 is 1.82 bits per heavy atom. The van der Waals surface area contributed by atoms with Crippen molar-refractivity contribution in [3.63, 3.8) is 0 Å². The summed E-state index contributed by atoms with van der Waals surface area (Å²) in [5.41, 5.74) is 4.47. The van der Waals surface area contributed by atoms with Crippen LogP contribution in [0.15, 0.2) is 54.9 Å². The first-order chi connectivity index (χ1) is 13.7. The van der Waals surface area contributed by atoms with Gasteiger partial charge in [0.25, 0.3) is 0 Å². The van der Waals surface area contributed by atoms with E-state index in [4.69, 9.17) is 14.6 Å². The number of methoxy groups -OCH3 is 2. The molecule has 7 nitrogen and oxygen atoms in total. The molecule has 0 saturated carbocycles. The largest absolute Gasteiger partial charge is 0.497 e. The monoisotopic (exact) mass is 375 g/mol. The molecule has 0 aliphatic rings. The Labute approximate surface area is 163 Å². The van der Waals surface area contributed by atoms with Gasteiger partial charge in [-0.3, -0.25) is 4.98 Å². The van der Waals surface area contributed by atoms with Gasteiger partial charge in [0.05, 0.1) is 19.9 Å². The van der Waals surface area contributed by atoms with Crippen molar-refractivity contribution < 1.29 is 9.47 Å². The van der Waals surface area contributed by atoms with Crippen LogP contribution in [0.5, 0.6) is 11.5 Å². The molecule has 3 aromatic heterocycles. The first-order valence-electron chi connectivity index (χ1n) is 8.90. The van der Waals surface area contributed by atoms with Crippen molar-refractivity contribution in [2.24, 2.45) is 0 Å². The number of aromatic nitrogens is 4. The summed E-state index contributed by atoms with van der Waals surface area (Å²) < 4.78 is 12.6. The molecule has 3 heterocycles. The minimum Gasteiger partial charge on any atom is -0.497 e. The maximum absolute atomic E-state index is 5.37. The minimum absolute atomic E-state index is 0.647. The number of hydrogen-bond acceptors (Lipinski definition) is 6. The molecule has 0 aliphatic heterocycles. The van der Waals surface area contributed by atoms with E-state index in [-0.39, 0.29) is 0 Å². The lowest BCUT2D eigenvalue weighted by Crippen LogP contribution is -2.06. The van der Waals surface area contributed by atoms with Crippen LogP contribution in [0.25, 0.3) is 16.9 Å². The van der Waals surface area contributed by atoms with Gasteiger partial charge in [0.15, 0.2) is 5.65 Å². The van der Waals surface area contributed by atoms with Crippen LogP contribution in [0.4, 0.5) is 5.82 Å². The number of pyridine rings is 1. The van der Waals surface area contributed by atoms with Crippen LogP contribution in [-0.4, -0.2) is 33.8 Å². The molecule has 142 valence electrons. The molecule has 0 atom stereocenters. The molecule has 0 amide bonds. The maximum atomic E-state index is 5.37. The summed E-state index contributed by atoms with van der Waals surface area (Å²) >= 11 is 0. The Morgan fingerprint density at radius 1 is 1.04 bits per heavy atom. The van der Waals surface area contributed by atoms with Crippen LogP contribution in [-0.2, 0) is 6.54 Å². The number of ether oxygens (including phenoxy) is 2. The second-order valence-electron chi connectivity index (χ2n) is 6.40. The SMILES string of the molecule is COc1cc(OC)cc(-c2cc3nc(C)cc(NCc4cccnc4)n3n2)c1. The highest BCUT2D eigenvalue weighted by Crippen LogP contribution is 2.30. The summed E-state index contributed by atoms with van der Waals surface area (Å²) in [4.78, 5) is 8.76. The number of aryl methyl sites for hydroxylation is 1. The third-order valence-corrected chi connectivity index (χ3v) is 4.40. The fourth-order valence-electron chi connectivity index (χ4n) is 3.02. The van der Waals surface area contributed by atoms with Crippen LogP contribution in [0, 0.1) is 6.92 Å². The summed E-state index contributed by atoms with van der Waals surface area (Å²) in [6.45, 7) is 2.62. The first-order valence-corrected chi connectivity index (χ1v) is 8.90. The van der Waals surface area contributed by atoms with Gasteiger partial charge in [-0.05, 0) is 30.7 Å². The quantitative estimate of drug-likeness (QED) is 0.554. The highest BCUT2D eigenvalue weighted by atomic mass is 16.5. The minimum atomic E-state index is 0.647. The Morgan fingerprint density at radius 3 is 2.50 bits per heavy atom. The van der Waals surface area contributed by atoms with Crippen molar-refractivity contribution in [2.45, 2.75) is 13.5 Å². The molecule has 0 saturated heterocycles. The van der Waals surface area contributed by atoms with E-state index in [9.17, 15) is 0 Å². The average molecular weight is 375 g/mol. The van der Waals surface area contributed by atoms with Gasteiger partial charge in [-0.15, -0.1) is 0 Å². The normalized spacial score (nSPS) is 10.8. The number of anilines is 1. The highest BCUT2D eigenvalue weighted by molar-refractivity contribution is 5.68. The Hall–Kier alpha value is -3.61. The van der Waals surface area contributed by atoms with E-state index in [2.05, 4.69) is 15.3 Å². The first kappa shape index (κ1) is 17.8. The molecule has 4 aromatic rings. The third kappa shape index (κ3) is 3.59. The predicted molar refractivity (Wildman–Crippen MR) is 108 cm³/mol. The zero-order valence-electron chi connectivity index (χ0n) is 16.0. The maximum Gasteiger partial charge on any atom is 0.158 e. The summed E-state index contributed by atoms with van der Waals surface area (Å²) in [6, 6.07) is 13.6. The van der Waals surface area contributed by atoms with Gasteiger partial charge in [-0.2, -0.15) is 9.61 Å². The van der Waals surface area contributed by atoms with E-state index in [1.54, 1.807) is 20.4 Å². The van der Waals surface area contributed by atoms with E-state index in [0.29, 0.717) is 18.0 Å². The summed E-state index contributed by atoms with van der Waals surface area (Å²) in [5.74, 6) is 2.29. The van der Waals surface area contributed by atoms with Gasteiger partial charge >= 0.3 is 0 Å². The van der Waals surface area contributed by atoms with Crippen LogP contribution in [0.1, 0.15) is 11.3 Å². The molecule has 0 radical (unpaired) electrons. The molecule has 0 aliphatic carbocycles. The summed E-state index contributed by atoms with van der Waals surface area (Å²) in [5, 5.41) is 8.18. The fourth-order valence-corrected chi connectivity index (χ4v) is 3.02. The lowest BCUT2D eigenvalue weighted by molar-refractivity contribution is 0.394. The molecule has 0 unspecified atom stereocenters. The molecule has 0 spiro atoms. The predicted octanol–water partition coefficient (Wildman–Crippen LogP) is 3.73. The van der Waals surface area contributed by atoms with Crippen molar-refractivity contribution in [1.29, 1.82) is 0 Å². The highest BCUT2D eigenvalue weighted by Gasteiger charge is 2.12. The number of hydrogen-bond donors (Lipinski definition) is 1. The van der Waals surface area contributed by atoms with Gasteiger partial charge in [0.1, 0.15) is 17.3 Å². The number of nitrogens with zero attached hydrogens (tertiary/aromatic N) is 4. The molecule has 7 heteroatoms. The molecule has 0 fully saturated rings. The van der Waals surface area contributed by atoms with Gasteiger partial charge in [-0.1, -0.05) is 6.07 Å². The third-order valence-electron chi connectivity index (χ3n) is 4.40. The van der Waals surface area contributed by atoms with E-state index in [1.807, 2.05) is 60.1 Å². The molecule has 1 N–H and O–H groups in total. The van der Waals surface area contributed by atoms with E-state index in [0.717, 1.165) is 34.0 Å². The van der Waals surface area contributed by atoms with Crippen LogP contribution >= 0.6 is 0 Å². The number of fused-ring (bicyclic) bond motifs is 1. The van der Waals surface area contributed by atoms with Crippen LogP contribution in [0.3, 0.4) is 0 Å². The van der Waals surface area contributed by atoms with Crippen molar-refractivity contribution in [3.8, 4) is 22.8 Å². The molecule has 0 bridgehead atoms. The smallest absolute Gasteiger partial charge is 0.158 e. The van der Waals surface area contributed by atoms with Gasteiger partial charge in [0, 0.05) is 48.4 Å².